The topological polar surface area (TPSA) is 146 Å². The molecule has 1 unspecified atom stereocenters. The number of anilines is 1. The summed E-state index contributed by atoms with van der Waals surface area (Å²) in [6.45, 7) is 1.33. The van der Waals surface area contributed by atoms with Crippen molar-refractivity contribution in [3.05, 3.63) is 71.0 Å². The number of carbonyl (C=O) groups excluding carboxylic acids is 3. The number of sulfone groups is 1. The monoisotopic (exact) mass is 462 g/mol. The number of thiophene rings is 1. The van der Waals surface area contributed by atoms with Crippen LogP contribution in [0.2, 0.25) is 0 Å². The van der Waals surface area contributed by atoms with Crippen LogP contribution in [0, 0.1) is 0 Å². The van der Waals surface area contributed by atoms with Crippen LogP contribution >= 0.6 is 11.3 Å². The minimum absolute atomic E-state index is 0.101. The maximum Gasteiger partial charge on any atom is 0.375 e. The van der Waals surface area contributed by atoms with Gasteiger partial charge in [-0.1, -0.05) is 18.2 Å². The number of carbonyl (C=O) groups is 3. The highest BCUT2D eigenvalue weighted by Gasteiger charge is 2.27. The number of benzene rings is 1. The van der Waals surface area contributed by atoms with Crippen molar-refractivity contribution in [2.45, 2.75) is 23.7 Å². The number of hydrogen-bond acceptors (Lipinski definition) is 8. The van der Waals surface area contributed by atoms with Gasteiger partial charge in [-0.05, 0) is 36.6 Å². The van der Waals surface area contributed by atoms with Crippen molar-refractivity contribution >= 4 is 44.0 Å². The molecule has 2 aromatic heterocycles. The minimum Gasteiger partial charge on any atom is -0.457 e. The van der Waals surface area contributed by atoms with Crippen LogP contribution in [0.5, 0.6) is 0 Å². The zero-order chi connectivity index (χ0) is 22.6. The number of nitrogens with two attached hydrogens (primary N) is 1. The van der Waals surface area contributed by atoms with Crippen LogP contribution in [0.25, 0.3) is 0 Å². The zero-order valence-electron chi connectivity index (χ0n) is 16.2. The van der Waals surface area contributed by atoms with Crippen molar-refractivity contribution in [2.75, 3.05) is 5.32 Å². The normalized spacial score (nSPS) is 12.2. The molecule has 2 amide bonds. The third-order valence-corrected chi connectivity index (χ3v) is 6.71. The Balaban J connectivity index is 1.69. The fourth-order valence-corrected chi connectivity index (χ4v) is 4.80. The van der Waals surface area contributed by atoms with Gasteiger partial charge in [0.1, 0.15) is 5.00 Å². The smallest absolute Gasteiger partial charge is 0.375 e. The number of primary amides is 1. The number of nitrogens with one attached hydrogen (secondary N) is 1. The lowest BCUT2D eigenvalue weighted by atomic mass is 10.2. The summed E-state index contributed by atoms with van der Waals surface area (Å²) in [6.07, 6.45) is -0.0823. The molecule has 1 aromatic carbocycles. The van der Waals surface area contributed by atoms with E-state index in [0.29, 0.717) is 0 Å². The molecule has 162 valence electrons. The first-order chi connectivity index (χ1) is 14.7. The average molecular weight is 463 g/mol. The molecule has 1 atom stereocenters. The molecule has 3 N–H and O–H groups in total. The standard InChI is InChI=1S/C20H18N2O7S2/c1-12(18(24)22-19-15(17(21)23)8-10-30-19)29-20(25)16-13(7-9-28-16)11-31(26,27)14-5-3-2-4-6-14/h2-10,12H,11H2,1H3,(H2,21,23)(H,22,24). The zero-order valence-corrected chi connectivity index (χ0v) is 17.9. The van der Waals surface area contributed by atoms with Crippen molar-refractivity contribution in [3.63, 3.8) is 0 Å². The Morgan fingerprint density at radius 1 is 1.16 bits per heavy atom. The van der Waals surface area contributed by atoms with Gasteiger partial charge in [0.25, 0.3) is 11.8 Å². The third-order valence-electron chi connectivity index (χ3n) is 4.20. The first kappa shape index (κ1) is 22.2. The molecule has 11 heteroatoms. The highest BCUT2D eigenvalue weighted by molar-refractivity contribution is 7.90. The number of esters is 1. The number of amides is 2. The van der Waals surface area contributed by atoms with Crippen LogP contribution in [-0.4, -0.2) is 32.3 Å². The fraction of sp³-hybridized carbons (Fsp3) is 0.150. The second-order valence-corrected chi connectivity index (χ2v) is 9.32. The van der Waals surface area contributed by atoms with Gasteiger partial charge in [-0.25, -0.2) is 13.2 Å². The fourth-order valence-electron chi connectivity index (χ4n) is 2.63. The molecule has 3 aromatic rings. The van der Waals surface area contributed by atoms with Crippen molar-refractivity contribution in [2.24, 2.45) is 5.73 Å². The molecule has 3 rings (SSSR count). The summed E-state index contributed by atoms with van der Waals surface area (Å²) in [5.41, 5.74) is 5.48. The van der Waals surface area contributed by atoms with E-state index in [-0.39, 0.29) is 26.8 Å². The predicted octanol–water partition coefficient (Wildman–Crippen LogP) is 2.60. The van der Waals surface area contributed by atoms with E-state index in [1.165, 1.54) is 37.5 Å². The van der Waals surface area contributed by atoms with Crippen LogP contribution in [0.15, 0.2) is 63.4 Å². The Labute approximate surface area is 181 Å². The summed E-state index contributed by atoms with van der Waals surface area (Å²) in [6, 6.07) is 10.6. The van der Waals surface area contributed by atoms with Gasteiger partial charge in [0.2, 0.25) is 5.76 Å². The summed E-state index contributed by atoms with van der Waals surface area (Å²) in [4.78, 5) is 36.3. The Bertz CT molecular complexity index is 1210. The molecule has 0 aliphatic rings. The molecule has 0 aliphatic carbocycles. The van der Waals surface area contributed by atoms with E-state index in [9.17, 15) is 22.8 Å². The van der Waals surface area contributed by atoms with Crippen LogP contribution in [0.1, 0.15) is 33.4 Å². The first-order valence-electron chi connectivity index (χ1n) is 8.92. The van der Waals surface area contributed by atoms with Crippen molar-refractivity contribution in [1.29, 1.82) is 0 Å². The van der Waals surface area contributed by atoms with Gasteiger partial charge in [-0.15, -0.1) is 11.3 Å². The molecule has 0 saturated carbocycles. The summed E-state index contributed by atoms with van der Waals surface area (Å²) >= 11 is 1.09. The molecule has 0 radical (unpaired) electrons. The van der Waals surface area contributed by atoms with Gasteiger partial charge in [0.15, 0.2) is 15.9 Å². The van der Waals surface area contributed by atoms with Crippen molar-refractivity contribution in [3.8, 4) is 0 Å². The Morgan fingerprint density at radius 2 is 1.87 bits per heavy atom. The highest BCUT2D eigenvalue weighted by Crippen LogP contribution is 2.24. The molecule has 0 saturated heterocycles. The summed E-state index contributed by atoms with van der Waals surface area (Å²) in [5, 5.41) is 4.28. The van der Waals surface area contributed by atoms with Gasteiger partial charge in [-0.3, -0.25) is 9.59 Å². The maximum absolute atomic E-state index is 12.6. The molecule has 0 spiro atoms. The van der Waals surface area contributed by atoms with Gasteiger partial charge >= 0.3 is 5.97 Å². The van der Waals surface area contributed by atoms with Gasteiger partial charge in [0, 0.05) is 5.56 Å². The lowest BCUT2D eigenvalue weighted by Gasteiger charge is -2.13. The maximum atomic E-state index is 12.6. The molecule has 31 heavy (non-hydrogen) atoms. The van der Waals surface area contributed by atoms with E-state index in [4.69, 9.17) is 14.9 Å². The molecular weight excluding hydrogens is 444 g/mol. The van der Waals surface area contributed by atoms with E-state index in [1.54, 1.807) is 23.6 Å². The molecular formula is C20H18N2O7S2. The lowest BCUT2D eigenvalue weighted by Crippen LogP contribution is -2.30. The van der Waals surface area contributed by atoms with Crippen molar-refractivity contribution < 1.29 is 32.0 Å². The van der Waals surface area contributed by atoms with Crippen LogP contribution < -0.4 is 11.1 Å². The largest absolute Gasteiger partial charge is 0.457 e. The van der Waals surface area contributed by atoms with E-state index in [2.05, 4.69) is 5.32 Å². The van der Waals surface area contributed by atoms with Crippen LogP contribution in [0.4, 0.5) is 5.00 Å². The van der Waals surface area contributed by atoms with Gasteiger partial charge < -0.3 is 20.2 Å². The van der Waals surface area contributed by atoms with E-state index in [0.717, 1.165) is 11.3 Å². The molecule has 0 aliphatic heterocycles. The second-order valence-electron chi connectivity index (χ2n) is 6.41. The Kier molecular flexibility index (Phi) is 6.56. The van der Waals surface area contributed by atoms with Crippen LogP contribution in [0.3, 0.4) is 0 Å². The van der Waals surface area contributed by atoms with E-state index < -0.39 is 39.5 Å². The lowest BCUT2D eigenvalue weighted by molar-refractivity contribution is -0.123. The molecule has 0 bridgehead atoms. The quantitative estimate of drug-likeness (QED) is 0.489. The van der Waals surface area contributed by atoms with E-state index >= 15 is 0 Å². The average Bonchev–Trinajstić information content (AvgIpc) is 3.37. The summed E-state index contributed by atoms with van der Waals surface area (Å²) in [5.74, 6) is -3.18. The molecule has 9 nitrogen and oxygen atoms in total. The van der Waals surface area contributed by atoms with Gasteiger partial charge in [-0.2, -0.15) is 0 Å². The second kappa shape index (κ2) is 9.14. The third kappa shape index (κ3) is 5.19. The Morgan fingerprint density at radius 3 is 2.55 bits per heavy atom. The summed E-state index contributed by atoms with van der Waals surface area (Å²) < 4.78 is 35.4. The number of hydrogen-bond donors (Lipinski definition) is 2. The number of rotatable bonds is 8. The van der Waals surface area contributed by atoms with Gasteiger partial charge in [0.05, 0.1) is 22.5 Å². The Hall–Kier alpha value is -3.44. The summed E-state index contributed by atoms with van der Waals surface area (Å²) in [7, 11) is -3.72. The highest BCUT2D eigenvalue weighted by atomic mass is 32.2. The SMILES string of the molecule is CC(OC(=O)c1occc1CS(=O)(=O)c1ccccc1)C(=O)Nc1sccc1C(N)=O. The van der Waals surface area contributed by atoms with E-state index in [1.807, 2.05) is 0 Å². The number of furan rings is 1. The molecule has 0 fully saturated rings. The molecule has 2 heterocycles. The minimum atomic E-state index is -3.72. The number of ether oxygens (including phenoxy) is 1. The predicted molar refractivity (Wildman–Crippen MR) is 112 cm³/mol. The first-order valence-corrected chi connectivity index (χ1v) is 11.5. The van der Waals surface area contributed by atoms with Crippen LogP contribution in [-0.2, 0) is 25.1 Å². The van der Waals surface area contributed by atoms with Crippen molar-refractivity contribution in [1.82, 2.24) is 0 Å².